The van der Waals surface area contributed by atoms with Crippen molar-refractivity contribution in [3.63, 3.8) is 0 Å². The van der Waals surface area contributed by atoms with Gasteiger partial charge in [0.1, 0.15) is 11.6 Å². The Balaban J connectivity index is 1.60. The van der Waals surface area contributed by atoms with Gasteiger partial charge in [-0.05, 0) is 68.3 Å². The monoisotopic (exact) mass is 429 g/mol. The molecule has 1 saturated heterocycles. The number of thioether (sulfide) groups is 1. The van der Waals surface area contributed by atoms with Crippen molar-refractivity contribution in [2.75, 3.05) is 6.61 Å². The van der Waals surface area contributed by atoms with Gasteiger partial charge in [0, 0.05) is 17.7 Å². The van der Waals surface area contributed by atoms with Crippen LogP contribution in [0.3, 0.4) is 0 Å². The fraction of sp³-hybridized carbons (Fsp3) is 0.318. The number of ether oxygens (including phenoxy) is 1. The topological polar surface area (TPSA) is 57.0 Å². The first-order valence-electron chi connectivity index (χ1n) is 9.78. The van der Waals surface area contributed by atoms with E-state index in [1.54, 1.807) is 19.1 Å². The van der Waals surface area contributed by atoms with Gasteiger partial charge in [-0.25, -0.2) is 8.78 Å². The van der Waals surface area contributed by atoms with E-state index < -0.39 is 5.25 Å². The second-order valence-electron chi connectivity index (χ2n) is 7.19. The molecule has 0 radical (unpaired) electrons. The standard InChI is InChI=1S/C22H21F2N3O2S/c1-14(20(28)15-4-8-17(23)9-5-15)30-22-26-25-21(16-6-10-18(24)11-7-16)27(22)13-19-3-2-12-29-19/h4-11,14,19H,2-3,12-13H2,1H3. The normalized spacial score (nSPS) is 17.2. The van der Waals surface area contributed by atoms with Crippen molar-refractivity contribution in [1.82, 2.24) is 14.8 Å². The largest absolute Gasteiger partial charge is 0.376 e. The highest BCUT2D eigenvalue weighted by Crippen LogP contribution is 2.30. The number of rotatable bonds is 7. The minimum atomic E-state index is -0.441. The number of hydrogen-bond donors (Lipinski definition) is 0. The average molecular weight is 429 g/mol. The Kier molecular flexibility index (Phi) is 6.24. The molecule has 2 heterocycles. The van der Waals surface area contributed by atoms with Gasteiger partial charge in [-0.1, -0.05) is 11.8 Å². The van der Waals surface area contributed by atoms with Gasteiger partial charge >= 0.3 is 0 Å². The van der Waals surface area contributed by atoms with Crippen LogP contribution in [0.2, 0.25) is 0 Å². The van der Waals surface area contributed by atoms with E-state index in [2.05, 4.69) is 10.2 Å². The molecule has 2 atom stereocenters. The lowest BCUT2D eigenvalue weighted by atomic mass is 10.1. The number of halogens is 2. The van der Waals surface area contributed by atoms with Crippen LogP contribution in [-0.4, -0.2) is 38.5 Å². The van der Waals surface area contributed by atoms with E-state index in [9.17, 15) is 13.6 Å². The van der Waals surface area contributed by atoms with Crippen molar-refractivity contribution < 1.29 is 18.3 Å². The fourth-order valence-electron chi connectivity index (χ4n) is 3.41. The van der Waals surface area contributed by atoms with Crippen LogP contribution in [0.15, 0.2) is 53.7 Å². The van der Waals surface area contributed by atoms with Crippen LogP contribution in [0.25, 0.3) is 11.4 Å². The minimum absolute atomic E-state index is 0.0441. The summed E-state index contributed by atoms with van der Waals surface area (Å²) in [5.74, 6) is -0.214. The molecule has 1 aliphatic rings. The number of hydrogen-bond acceptors (Lipinski definition) is 5. The van der Waals surface area contributed by atoms with Gasteiger partial charge in [0.2, 0.25) is 0 Å². The summed E-state index contributed by atoms with van der Waals surface area (Å²) in [6.07, 6.45) is 1.98. The molecule has 3 aromatic rings. The van der Waals surface area contributed by atoms with Crippen molar-refractivity contribution in [1.29, 1.82) is 0 Å². The summed E-state index contributed by atoms with van der Waals surface area (Å²) in [6, 6.07) is 11.6. The Hall–Kier alpha value is -2.58. The molecule has 156 valence electrons. The second-order valence-corrected chi connectivity index (χ2v) is 8.50. The number of carbonyl (C=O) groups is 1. The average Bonchev–Trinajstić information content (AvgIpc) is 3.40. The lowest BCUT2D eigenvalue weighted by Gasteiger charge is -2.16. The summed E-state index contributed by atoms with van der Waals surface area (Å²) in [5.41, 5.74) is 1.19. The molecular weight excluding hydrogens is 408 g/mol. The summed E-state index contributed by atoms with van der Waals surface area (Å²) >= 11 is 1.30. The van der Waals surface area contributed by atoms with Crippen molar-refractivity contribution in [3.05, 3.63) is 65.7 Å². The van der Waals surface area contributed by atoms with E-state index in [0.29, 0.717) is 23.1 Å². The highest BCUT2D eigenvalue weighted by molar-refractivity contribution is 8.00. The van der Waals surface area contributed by atoms with Crippen LogP contribution >= 0.6 is 11.8 Å². The Morgan fingerprint density at radius 2 is 1.80 bits per heavy atom. The Labute approximate surface area is 177 Å². The summed E-state index contributed by atoms with van der Waals surface area (Å²) in [6.45, 7) is 3.07. The predicted octanol–water partition coefficient (Wildman–Crippen LogP) is 4.77. The van der Waals surface area contributed by atoms with E-state index >= 15 is 0 Å². The zero-order valence-corrected chi connectivity index (χ0v) is 17.2. The first-order chi connectivity index (χ1) is 14.5. The van der Waals surface area contributed by atoms with Gasteiger partial charge in [0.05, 0.1) is 17.9 Å². The molecule has 0 spiro atoms. The number of carbonyl (C=O) groups excluding carboxylic acids is 1. The molecule has 0 aliphatic carbocycles. The van der Waals surface area contributed by atoms with Gasteiger partial charge in [-0.15, -0.1) is 10.2 Å². The smallest absolute Gasteiger partial charge is 0.192 e. The number of benzene rings is 2. The summed E-state index contributed by atoms with van der Waals surface area (Å²) < 4.78 is 34.2. The molecule has 4 rings (SSSR count). The molecule has 5 nitrogen and oxygen atoms in total. The van der Waals surface area contributed by atoms with E-state index in [4.69, 9.17) is 4.74 Å². The third-order valence-corrected chi connectivity index (χ3v) is 6.09. The molecule has 1 aliphatic heterocycles. The molecule has 2 unspecified atom stereocenters. The van der Waals surface area contributed by atoms with E-state index in [-0.39, 0.29) is 23.5 Å². The maximum absolute atomic E-state index is 13.4. The minimum Gasteiger partial charge on any atom is -0.376 e. The van der Waals surface area contributed by atoms with Crippen LogP contribution in [0, 0.1) is 11.6 Å². The molecule has 0 saturated carbocycles. The first-order valence-corrected chi connectivity index (χ1v) is 10.7. The van der Waals surface area contributed by atoms with Crippen LogP contribution in [0.1, 0.15) is 30.1 Å². The predicted molar refractivity (Wildman–Crippen MR) is 110 cm³/mol. The summed E-state index contributed by atoms with van der Waals surface area (Å²) in [4.78, 5) is 12.8. The second kappa shape index (κ2) is 9.06. The van der Waals surface area contributed by atoms with E-state index in [0.717, 1.165) is 25.0 Å². The first kappa shape index (κ1) is 20.7. The highest BCUT2D eigenvalue weighted by Gasteiger charge is 2.25. The fourth-order valence-corrected chi connectivity index (χ4v) is 4.34. The van der Waals surface area contributed by atoms with Crippen molar-refractivity contribution in [3.8, 4) is 11.4 Å². The third kappa shape index (κ3) is 4.60. The molecule has 30 heavy (non-hydrogen) atoms. The Morgan fingerprint density at radius 3 is 2.43 bits per heavy atom. The molecule has 0 amide bonds. The van der Waals surface area contributed by atoms with E-state index in [1.807, 2.05) is 4.57 Å². The number of nitrogens with zero attached hydrogens (tertiary/aromatic N) is 3. The number of Topliss-reactive ketones (excluding diaryl/α,β-unsaturated/α-hetero) is 1. The van der Waals surface area contributed by atoms with Crippen LogP contribution in [0.4, 0.5) is 8.78 Å². The maximum Gasteiger partial charge on any atom is 0.192 e. The van der Waals surface area contributed by atoms with Crippen LogP contribution in [-0.2, 0) is 11.3 Å². The maximum atomic E-state index is 13.4. The Morgan fingerprint density at radius 1 is 1.13 bits per heavy atom. The zero-order valence-electron chi connectivity index (χ0n) is 16.4. The highest BCUT2D eigenvalue weighted by atomic mass is 32.2. The summed E-state index contributed by atoms with van der Waals surface area (Å²) in [7, 11) is 0. The number of ketones is 1. The molecule has 0 N–H and O–H groups in total. The van der Waals surface area contributed by atoms with Gasteiger partial charge in [0.15, 0.2) is 16.8 Å². The lowest BCUT2D eigenvalue weighted by molar-refractivity contribution is 0.0953. The van der Waals surface area contributed by atoms with Gasteiger partial charge < -0.3 is 4.74 Å². The SMILES string of the molecule is CC(Sc1nnc(-c2ccc(F)cc2)n1CC1CCCO1)C(=O)c1ccc(F)cc1. The van der Waals surface area contributed by atoms with E-state index in [1.165, 1.54) is 48.2 Å². The molecular formula is C22H21F2N3O2S. The van der Waals surface area contributed by atoms with Crippen LogP contribution in [0.5, 0.6) is 0 Å². The zero-order chi connectivity index (χ0) is 21.1. The van der Waals surface area contributed by atoms with Crippen LogP contribution < -0.4 is 0 Å². The quantitative estimate of drug-likeness (QED) is 0.400. The summed E-state index contributed by atoms with van der Waals surface area (Å²) in [5, 5.41) is 8.76. The van der Waals surface area contributed by atoms with Crippen molar-refractivity contribution in [2.45, 2.75) is 42.8 Å². The molecule has 2 aromatic carbocycles. The Bertz CT molecular complexity index is 1020. The third-order valence-electron chi connectivity index (χ3n) is 5.01. The van der Waals surface area contributed by atoms with Crippen molar-refractivity contribution >= 4 is 17.5 Å². The molecule has 1 aromatic heterocycles. The molecule has 0 bridgehead atoms. The molecule has 1 fully saturated rings. The van der Waals surface area contributed by atoms with Gasteiger partial charge in [0.25, 0.3) is 0 Å². The van der Waals surface area contributed by atoms with Gasteiger partial charge in [-0.3, -0.25) is 9.36 Å². The van der Waals surface area contributed by atoms with Crippen molar-refractivity contribution in [2.24, 2.45) is 0 Å². The molecule has 8 heteroatoms. The van der Waals surface area contributed by atoms with Gasteiger partial charge in [-0.2, -0.15) is 0 Å². The number of aromatic nitrogens is 3. The lowest BCUT2D eigenvalue weighted by Crippen LogP contribution is -2.19.